The molecule has 0 atom stereocenters. The van der Waals surface area contributed by atoms with Crippen molar-refractivity contribution < 1.29 is 10.0 Å². The summed E-state index contributed by atoms with van der Waals surface area (Å²) in [6.07, 6.45) is 0. The van der Waals surface area contributed by atoms with Crippen LogP contribution in [0, 0.1) is 0 Å². The molecule has 2 rings (SSSR count). The summed E-state index contributed by atoms with van der Waals surface area (Å²) in [7, 11) is 0. The zero-order chi connectivity index (χ0) is 8.43. The quantitative estimate of drug-likeness (QED) is 0.617. The maximum absolute atomic E-state index is 7.00. The van der Waals surface area contributed by atoms with Crippen molar-refractivity contribution in [1.82, 2.24) is 0 Å². The first-order chi connectivity index (χ1) is 5.20. The SMILES string of the molecule is Clc1cc2cc-2c1Cl.O[B]O. The third-order valence-electron chi connectivity index (χ3n) is 1.26. The van der Waals surface area contributed by atoms with Crippen LogP contribution in [-0.2, 0) is 0 Å². The van der Waals surface area contributed by atoms with Crippen LogP contribution >= 0.6 is 23.2 Å². The second-order valence-electron chi connectivity index (χ2n) is 1.94. The van der Waals surface area contributed by atoms with E-state index in [1.165, 1.54) is 5.56 Å². The van der Waals surface area contributed by atoms with Gasteiger partial charge >= 0.3 is 7.69 Å². The van der Waals surface area contributed by atoms with Crippen molar-refractivity contribution in [1.29, 1.82) is 0 Å². The smallest absolute Gasteiger partial charge is 0.429 e. The summed E-state index contributed by atoms with van der Waals surface area (Å²) in [5.74, 6) is 0. The molecule has 2 aliphatic rings. The molecule has 0 aromatic rings. The average molecular weight is 190 g/mol. The fraction of sp³-hybridized carbons (Fsp3) is 0. The van der Waals surface area contributed by atoms with Gasteiger partial charge in [-0.1, -0.05) is 23.2 Å². The van der Waals surface area contributed by atoms with Crippen LogP contribution in [0.25, 0.3) is 11.1 Å². The van der Waals surface area contributed by atoms with Crippen LogP contribution in [0.5, 0.6) is 0 Å². The first-order valence-corrected chi connectivity index (χ1v) is 3.55. The van der Waals surface area contributed by atoms with Crippen molar-refractivity contribution in [2.24, 2.45) is 0 Å². The monoisotopic (exact) mass is 189 g/mol. The van der Waals surface area contributed by atoms with Gasteiger partial charge in [0.25, 0.3) is 0 Å². The van der Waals surface area contributed by atoms with Gasteiger partial charge in [0.15, 0.2) is 0 Å². The summed E-state index contributed by atoms with van der Waals surface area (Å²) >= 11 is 11.3. The van der Waals surface area contributed by atoms with E-state index in [9.17, 15) is 0 Å². The third-order valence-corrected chi connectivity index (χ3v) is 2.06. The van der Waals surface area contributed by atoms with Crippen LogP contribution in [0.4, 0.5) is 0 Å². The van der Waals surface area contributed by atoms with Crippen LogP contribution in [0.3, 0.4) is 0 Å². The van der Waals surface area contributed by atoms with Gasteiger partial charge in [-0.3, -0.25) is 0 Å². The van der Waals surface area contributed by atoms with Crippen molar-refractivity contribution >= 4 is 30.9 Å². The predicted molar refractivity (Wildman–Crippen MR) is 45.6 cm³/mol. The fourth-order valence-electron chi connectivity index (χ4n) is 0.757. The van der Waals surface area contributed by atoms with E-state index in [1.807, 2.05) is 12.1 Å². The zero-order valence-corrected chi connectivity index (χ0v) is 6.89. The molecule has 0 heterocycles. The maximum atomic E-state index is 7.00. The van der Waals surface area contributed by atoms with E-state index in [-0.39, 0.29) is 7.69 Å². The highest BCUT2D eigenvalue weighted by atomic mass is 35.5. The fourth-order valence-corrected chi connectivity index (χ4v) is 1.20. The highest BCUT2D eigenvalue weighted by Crippen LogP contribution is 2.46. The minimum absolute atomic E-state index is 0. The molecule has 5 heteroatoms. The Morgan fingerprint density at radius 3 is 1.91 bits per heavy atom. The number of hydrogen-bond acceptors (Lipinski definition) is 2. The van der Waals surface area contributed by atoms with E-state index >= 15 is 0 Å². The Morgan fingerprint density at radius 1 is 1.18 bits per heavy atom. The van der Waals surface area contributed by atoms with Gasteiger partial charge in [-0.05, 0) is 17.7 Å². The summed E-state index contributed by atoms with van der Waals surface area (Å²) < 4.78 is 0. The van der Waals surface area contributed by atoms with E-state index in [0.29, 0.717) is 10.0 Å². The first-order valence-electron chi connectivity index (χ1n) is 2.80. The van der Waals surface area contributed by atoms with Crippen LogP contribution in [-0.4, -0.2) is 17.7 Å². The zero-order valence-electron chi connectivity index (χ0n) is 5.38. The normalized spacial score (nSPS) is 9.82. The van der Waals surface area contributed by atoms with Crippen molar-refractivity contribution in [3.8, 4) is 11.1 Å². The molecule has 0 spiro atoms. The Hall–Kier alpha value is -0.215. The molecule has 0 bridgehead atoms. The van der Waals surface area contributed by atoms with Crippen LogP contribution in [0.1, 0.15) is 0 Å². The number of fused-ring (bicyclic) bond motifs is 1. The maximum Gasteiger partial charge on any atom is 0.482 e. The van der Waals surface area contributed by atoms with Crippen LogP contribution in [0.15, 0.2) is 12.1 Å². The number of halogens is 2. The Labute approximate surface area is 74.7 Å². The summed E-state index contributed by atoms with van der Waals surface area (Å²) in [4.78, 5) is 0. The van der Waals surface area contributed by atoms with E-state index < -0.39 is 0 Å². The average Bonchev–Trinajstić information content (AvgIpc) is 2.62. The summed E-state index contributed by atoms with van der Waals surface area (Å²) in [5.41, 5.74) is 2.32. The van der Waals surface area contributed by atoms with E-state index in [1.54, 1.807) is 0 Å². The molecule has 57 valence electrons. The Kier molecular flexibility index (Phi) is 2.79. The molecule has 0 saturated carbocycles. The molecule has 0 amide bonds. The minimum atomic E-state index is 0. The molecule has 2 nitrogen and oxygen atoms in total. The van der Waals surface area contributed by atoms with Gasteiger partial charge in [0, 0.05) is 5.56 Å². The molecular weight excluding hydrogens is 186 g/mol. The van der Waals surface area contributed by atoms with Crippen LogP contribution in [0.2, 0.25) is 10.0 Å². The standard InChI is InChI=1S/C6H2Cl2.BH2O2/c7-5-2-3-1-4(3)6(5)8;2-1-3/h1-2H;2-3H. The lowest BCUT2D eigenvalue weighted by atomic mass is 10.5. The van der Waals surface area contributed by atoms with E-state index in [2.05, 4.69) is 0 Å². The summed E-state index contributed by atoms with van der Waals surface area (Å²) in [6.45, 7) is 0. The summed E-state index contributed by atoms with van der Waals surface area (Å²) in [5, 5.41) is 15.4. The van der Waals surface area contributed by atoms with Gasteiger partial charge in [0.2, 0.25) is 0 Å². The molecule has 0 aromatic carbocycles. The van der Waals surface area contributed by atoms with E-state index in [0.717, 1.165) is 5.56 Å². The Bertz CT molecular complexity index is 278. The van der Waals surface area contributed by atoms with Crippen molar-refractivity contribution in [2.75, 3.05) is 0 Å². The van der Waals surface area contributed by atoms with Gasteiger partial charge in [0.05, 0.1) is 10.0 Å². The van der Waals surface area contributed by atoms with Crippen LogP contribution < -0.4 is 0 Å². The molecule has 11 heavy (non-hydrogen) atoms. The largest absolute Gasteiger partial charge is 0.482 e. The molecule has 2 N–H and O–H groups in total. The van der Waals surface area contributed by atoms with Gasteiger partial charge in [-0.2, -0.15) is 0 Å². The molecular formula is C6H4BCl2O2. The van der Waals surface area contributed by atoms with Gasteiger partial charge in [0.1, 0.15) is 0 Å². The lowest BCUT2D eigenvalue weighted by molar-refractivity contribution is 0.448. The number of hydrogen-bond donors (Lipinski definition) is 2. The summed E-state index contributed by atoms with van der Waals surface area (Å²) in [6, 6.07) is 3.88. The topological polar surface area (TPSA) is 40.5 Å². The van der Waals surface area contributed by atoms with Crippen molar-refractivity contribution in [2.45, 2.75) is 0 Å². The Morgan fingerprint density at radius 2 is 1.73 bits per heavy atom. The highest BCUT2D eigenvalue weighted by molar-refractivity contribution is 6.45. The second kappa shape index (κ2) is 3.45. The molecule has 0 unspecified atom stereocenters. The van der Waals surface area contributed by atoms with E-state index in [4.69, 9.17) is 33.2 Å². The van der Waals surface area contributed by atoms with Gasteiger partial charge in [-0.25, -0.2) is 0 Å². The molecule has 2 aliphatic carbocycles. The number of rotatable bonds is 0. The molecule has 0 aromatic heterocycles. The molecule has 1 radical (unpaired) electrons. The number of benzene rings is 1. The van der Waals surface area contributed by atoms with Crippen molar-refractivity contribution in [3.63, 3.8) is 0 Å². The highest BCUT2D eigenvalue weighted by Gasteiger charge is 2.19. The first kappa shape index (κ1) is 8.88. The van der Waals surface area contributed by atoms with Gasteiger partial charge < -0.3 is 10.0 Å². The molecule has 0 aliphatic heterocycles. The van der Waals surface area contributed by atoms with Crippen molar-refractivity contribution in [3.05, 3.63) is 22.2 Å². The Balaban J connectivity index is 0.000000179. The molecule has 0 fully saturated rings. The molecule has 0 saturated heterocycles. The third kappa shape index (κ3) is 1.87. The second-order valence-corrected chi connectivity index (χ2v) is 2.72. The lowest BCUT2D eigenvalue weighted by Crippen LogP contribution is -1.75. The predicted octanol–water partition coefficient (Wildman–Crippen LogP) is 1.48. The van der Waals surface area contributed by atoms with Gasteiger partial charge in [-0.15, -0.1) is 0 Å². The lowest BCUT2D eigenvalue weighted by Gasteiger charge is -1.77. The minimum Gasteiger partial charge on any atom is -0.429 e.